The van der Waals surface area contributed by atoms with Crippen LogP contribution in [0.15, 0.2) is 29.6 Å². The number of amides is 2. The predicted octanol–water partition coefficient (Wildman–Crippen LogP) is 2.51. The lowest BCUT2D eigenvalue weighted by Crippen LogP contribution is -2.37. The molecule has 0 aliphatic heterocycles. The summed E-state index contributed by atoms with van der Waals surface area (Å²) in [4.78, 5) is 22.4. The summed E-state index contributed by atoms with van der Waals surface area (Å²) in [6.45, 7) is 0.134. The topological polar surface area (TPSA) is 87.7 Å². The predicted molar refractivity (Wildman–Crippen MR) is 81.9 cm³/mol. The Balaban J connectivity index is 1.87. The summed E-state index contributed by atoms with van der Waals surface area (Å²) < 4.78 is 6.14. The number of benzene rings is 1. The number of nitrogens with one attached hydrogen (secondary N) is 2. The van der Waals surface area contributed by atoms with Gasteiger partial charge in [0.1, 0.15) is 0 Å². The molecule has 0 bridgehead atoms. The van der Waals surface area contributed by atoms with Crippen LogP contribution in [-0.4, -0.2) is 36.9 Å². The zero-order chi connectivity index (χ0) is 15.2. The maximum atomic E-state index is 11.8. The first kappa shape index (κ1) is 15.3. The van der Waals surface area contributed by atoms with Crippen LogP contribution in [0.4, 0.5) is 10.5 Å². The van der Waals surface area contributed by atoms with E-state index >= 15 is 0 Å². The molecular weight excluding hydrogens is 292 g/mol. The monoisotopic (exact) mass is 308 g/mol. The van der Waals surface area contributed by atoms with Gasteiger partial charge in [-0.05, 0) is 35.0 Å². The van der Waals surface area contributed by atoms with Crippen molar-refractivity contribution in [1.29, 1.82) is 0 Å². The number of carbonyl (C=O) groups is 2. The van der Waals surface area contributed by atoms with Gasteiger partial charge in [0.2, 0.25) is 0 Å². The molecule has 1 atom stereocenters. The van der Waals surface area contributed by atoms with Crippen molar-refractivity contribution < 1.29 is 19.4 Å². The highest BCUT2D eigenvalue weighted by atomic mass is 32.1. The molecule has 0 saturated carbocycles. The number of ether oxygens (including phenoxy) is 1. The lowest BCUT2D eigenvalue weighted by Gasteiger charge is -2.14. The maximum Gasteiger partial charge on any atom is 0.319 e. The fourth-order valence-electron chi connectivity index (χ4n) is 1.86. The highest BCUT2D eigenvalue weighted by Gasteiger charge is 2.13. The molecule has 1 unspecified atom stereocenters. The van der Waals surface area contributed by atoms with Gasteiger partial charge in [0.05, 0.1) is 12.5 Å². The van der Waals surface area contributed by atoms with E-state index in [1.807, 2.05) is 29.6 Å². The van der Waals surface area contributed by atoms with Crippen LogP contribution in [0.25, 0.3) is 10.1 Å². The van der Waals surface area contributed by atoms with Crippen molar-refractivity contribution in [2.24, 2.45) is 0 Å². The minimum Gasteiger partial charge on any atom is -0.481 e. The van der Waals surface area contributed by atoms with E-state index in [-0.39, 0.29) is 13.0 Å². The molecule has 0 saturated heterocycles. The summed E-state index contributed by atoms with van der Waals surface area (Å²) >= 11 is 1.64. The van der Waals surface area contributed by atoms with Gasteiger partial charge in [0.25, 0.3) is 0 Å². The fraction of sp³-hybridized carbons (Fsp3) is 0.286. The zero-order valence-corrected chi connectivity index (χ0v) is 12.3. The Bertz CT molecular complexity index is 641. The normalized spacial score (nSPS) is 12.0. The number of carboxylic acids is 1. The van der Waals surface area contributed by atoms with Crippen LogP contribution < -0.4 is 10.6 Å². The second-order valence-electron chi connectivity index (χ2n) is 4.46. The molecule has 2 rings (SSSR count). The molecule has 112 valence electrons. The SMILES string of the molecule is COC(CNC(=O)Nc1ccc2sccc2c1)CC(=O)O. The second kappa shape index (κ2) is 7.05. The molecule has 0 spiro atoms. The second-order valence-corrected chi connectivity index (χ2v) is 5.41. The average molecular weight is 308 g/mol. The maximum absolute atomic E-state index is 11.8. The largest absolute Gasteiger partial charge is 0.481 e. The molecule has 2 aromatic rings. The highest BCUT2D eigenvalue weighted by Crippen LogP contribution is 2.23. The lowest BCUT2D eigenvalue weighted by molar-refractivity contribution is -0.139. The van der Waals surface area contributed by atoms with Crippen LogP contribution in [-0.2, 0) is 9.53 Å². The van der Waals surface area contributed by atoms with Gasteiger partial charge in [-0.2, -0.15) is 0 Å². The number of thiophene rings is 1. The third-order valence-corrected chi connectivity index (χ3v) is 3.83. The molecule has 3 N–H and O–H groups in total. The number of urea groups is 1. The molecule has 0 aliphatic carbocycles. The van der Waals surface area contributed by atoms with E-state index in [0.717, 1.165) is 10.1 Å². The van der Waals surface area contributed by atoms with Crippen LogP contribution in [0.5, 0.6) is 0 Å². The van der Waals surface area contributed by atoms with Crippen LogP contribution in [0, 0.1) is 0 Å². The van der Waals surface area contributed by atoms with Crippen molar-refractivity contribution in [1.82, 2.24) is 5.32 Å². The van der Waals surface area contributed by atoms with E-state index in [0.29, 0.717) is 5.69 Å². The molecule has 1 heterocycles. The van der Waals surface area contributed by atoms with Crippen molar-refractivity contribution in [2.75, 3.05) is 19.0 Å². The van der Waals surface area contributed by atoms with Crippen molar-refractivity contribution in [3.05, 3.63) is 29.6 Å². The van der Waals surface area contributed by atoms with E-state index in [9.17, 15) is 9.59 Å². The van der Waals surface area contributed by atoms with Gasteiger partial charge in [-0.3, -0.25) is 4.79 Å². The first-order chi connectivity index (χ1) is 10.1. The molecule has 0 radical (unpaired) electrons. The van der Waals surface area contributed by atoms with Gasteiger partial charge in [-0.1, -0.05) is 0 Å². The summed E-state index contributed by atoms with van der Waals surface area (Å²) in [6.07, 6.45) is -0.704. The van der Waals surface area contributed by atoms with E-state index in [4.69, 9.17) is 9.84 Å². The number of carbonyl (C=O) groups excluding carboxylic acids is 1. The number of fused-ring (bicyclic) bond motifs is 1. The van der Waals surface area contributed by atoms with Gasteiger partial charge < -0.3 is 20.5 Å². The van der Waals surface area contributed by atoms with Gasteiger partial charge in [0.15, 0.2) is 0 Å². The molecular formula is C14H16N2O4S. The molecule has 2 amide bonds. The summed E-state index contributed by atoms with van der Waals surface area (Å²) in [6, 6.07) is 7.24. The van der Waals surface area contributed by atoms with Crippen molar-refractivity contribution in [3.63, 3.8) is 0 Å². The first-order valence-electron chi connectivity index (χ1n) is 6.35. The number of anilines is 1. The molecule has 7 heteroatoms. The van der Waals surface area contributed by atoms with Gasteiger partial charge in [0, 0.05) is 24.0 Å². The van der Waals surface area contributed by atoms with E-state index in [2.05, 4.69) is 10.6 Å². The highest BCUT2D eigenvalue weighted by molar-refractivity contribution is 7.17. The molecule has 0 fully saturated rings. The smallest absolute Gasteiger partial charge is 0.319 e. The number of rotatable bonds is 6. The third kappa shape index (κ3) is 4.44. The lowest BCUT2D eigenvalue weighted by atomic mass is 10.2. The van der Waals surface area contributed by atoms with Crippen molar-refractivity contribution in [3.8, 4) is 0 Å². The Labute approximate surface area is 125 Å². The molecule has 6 nitrogen and oxygen atoms in total. The summed E-state index contributed by atoms with van der Waals surface area (Å²) in [5.74, 6) is -0.966. The van der Waals surface area contributed by atoms with Crippen LogP contribution in [0.3, 0.4) is 0 Å². The molecule has 21 heavy (non-hydrogen) atoms. The molecule has 0 aliphatic rings. The van der Waals surface area contributed by atoms with Gasteiger partial charge in [-0.25, -0.2) is 4.79 Å². The third-order valence-electron chi connectivity index (χ3n) is 2.94. The number of hydrogen-bond acceptors (Lipinski definition) is 4. The Morgan fingerprint density at radius 3 is 2.90 bits per heavy atom. The Morgan fingerprint density at radius 2 is 2.19 bits per heavy atom. The van der Waals surface area contributed by atoms with E-state index in [1.165, 1.54) is 7.11 Å². The fourth-order valence-corrected chi connectivity index (χ4v) is 2.63. The first-order valence-corrected chi connectivity index (χ1v) is 7.23. The quantitative estimate of drug-likeness (QED) is 0.765. The Hall–Kier alpha value is -2.12. The molecule has 1 aromatic carbocycles. The minimum atomic E-state index is -0.966. The van der Waals surface area contributed by atoms with Crippen LogP contribution in [0.1, 0.15) is 6.42 Å². The minimum absolute atomic E-state index is 0.134. The molecule has 1 aromatic heterocycles. The van der Waals surface area contributed by atoms with E-state index in [1.54, 1.807) is 11.3 Å². The summed E-state index contributed by atoms with van der Waals surface area (Å²) in [5, 5.41) is 17.0. The van der Waals surface area contributed by atoms with Crippen LogP contribution in [0.2, 0.25) is 0 Å². The van der Waals surface area contributed by atoms with E-state index < -0.39 is 18.1 Å². The summed E-state index contributed by atoms with van der Waals surface area (Å²) in [5.41, 5.74) is 0.686. The average Bonchev–Trinajstić information content (AvgIpc) is 2.90. The van der Waals surface area contributed by atoms with Gasteiger partial charge in [-0.15, -0.1) is 11.3 Å². The summed E-state index contributed by atoms with van der Waals surface area (Å²) in [7, 11) is 1.41. The van der Waals surface area contributed by atoms with Crippen molar-refractivity contribution >= 4 is 39.1 Å². The standard InChI is InChI=1S/C14H16N2O4S/c1-20-11(7-13(17)18)8-15-14(19)16-10-2-3-12-9(6-10)4-5-21-12/h2-6,11H,7-8H2,1H3,(H,17,18)(H2,15,16,19). The Morgan fingerprint density at radius 1 is 1.38 bits per heavy atom. The number of aliphatic carboxylic acids is 1. The number of hydrogen-bond donors (Lipinski definition) is 3. The Kier molecular flexibility index (Phi) is 5.13. The number of carboxylic acid groups (broad SMARTS) is 1. The zero-order valence-electron chi connectivity index (χ0n) is 11.5. The van der Waals surface area contributed by atoms with Crippen molar-refractivity contribution in [2.45, 2.75) is 12.5 Å². The number of methoxy groups -OCH3 is 1. The van der Waals surface area contributed by atoms with Gasteiger partial charge >= 0.3 is 12.0 Å². The van der Waals surface area contributed by atoms with Crippen LogP contribution >= 0.6 is 11.3 Å².